The van der Waals surface area contributed by atoms with E-state index in [4.69, 9.17) is 22.1 Å². The van der Waals surface area contributed by atoms with Crippen LogP contribution < -0.4 is 10.5 Å². The molecule has 0 spiro atoms. The van der Waals surface area contributed by atoms with Crippen LogP contribution in [0.15, 0.2) is 18.2 Å². The molecule has 0 heterocycles. The standard InChI is InChI=1S/C14H20ClNO/c1-10-5-7-12(8-6-10)17-14-11(9-16)3-2-4-13(14)15/h2-4,10,12H,5-9,16H2,1H3. The Balaban J connectivity index is 2.07. The molecule has 2 N–H and O–H groups in total. The van der Waals surface area contributed by atoms with Crippen molar-refractivity contribution in [2.45, 2.75) is 45.3 Å². The summed E-state index contributed by atoms with van der Waals surface area (Å²) in [6, 6.07) is 5.76. The van der Waals surface area contributed by atoms with Crippen molar-refractivity contribution in [2.75, 3.05) is 0 Å². The molecule has 1 saturated carbocycles. The van der Waals surface area contributed by atoms with Gasteiger partial charge >= 0.3 is 0 Å². The van der Waals surface area contributed by atoms with Gasteiger partial charge in [-0.3, -0.25) is 0 Å². The quantitative estimate of drug-likeness (QED) is 0.890. The molecule has 0 unspecified atom stereocenters. The van der Waals surface area contributed by atoms with Gasteiger partial charge in [-0.15, -0.1) is 0 Å². The van der Waals surface area contributed by atoms with Gasteiger partial charge in [0.1, 0.15) is 5.75 Å². The summed E-state index contributed by atoms with van der Waals surface area (Å²) >= 11 is 6.18. The lowest BCUT2D eigenvalue weighted by atomic mass is 9.89. The van der Waals surface area contributed by atoms with Crippen molar-refractivity contribution in [1.82, 2.24) is 0 Å². The van der Waals surface area contributed by atoms with Crippen molar-refractivity contribution < 1.29 is 4.74 Å². The topological polar surface area (TPSA) is 35.2 Å². The van der Waals surface area contributed by atoms with Crippen molar-refractivity contribution >= 4 is 11.6 Å². The highest BCUT2D eigenvalue weighted by Gasteiger charge is 2.21. The Morgan fingerprint density at radius 2 is 2.00 bits per heavy atom. The SMILES string of the molecule is CC1CCC(Oc2c(Cl)cccc2CN)CC1. The summed E-state index contributed by atoms with van der Waals surface area (Å²) in [6.45, 7) is 2.77. The Kier molecular flexibility index (Phi) is 4.30. The van der Waals surface area contributed by atoms with E-state index in [1.54, 1.807) is 0 Å². The van der Waals surface area contributed by atoms with Crippen LogP contribution in [0.2, 0.25) is 5.02 Å². The van der Waals surface area contributed by atoms with Gasteiger partial charge in [0.25, 0.3) is 0 Å². The highest BCUT2D eigenvalue weighted by atomic mass is 35.5. The summed E-state index contributed by atoms with van der Waals surface area (Å²) in [5.74, 6) is 1.62. The van der Waals surface area contributed by atoms with E-state index < -0.39 is 0 Å². The first-order valence-electron chi connectivity index (χ1n) is 6.34. The van der Waals surface area contributed by atoms with Gasteiger partial charge in [-0.2, -0.15) is 0 Å². The number of nitrogens with two attached hydrogens (primary N) is 1. The molecule has 1 aliphatic carbocycles. The number of para-hydroxylation sites is 1. The third-order valence-electron chi connectivity index (χ3n) is 3.52. The predicted molar refractivity (Wildman–Crippen MR) is 71.4 cm³/mol. The molecule has 0 aliphatic heterocycles. The van der Waals surface area contributed by atoms with Crippen LogP contribution >= 0.6 is 11.6 Å². The van der Waals surface area contributed by atoms with Crippen molar-refractivity contribution in [3.63, 3.8) is 0 Å². The van der Waals surface area contributed by atoms with Gasteiger partial charge in [0, 0.05) is 12.1 Å². The molecule has 0 aromatic heterocycles. The number of rotatable bonds is 3. The number of ether oxygens (including phenoxy) is 1. The molecule has 0 saturated heterocycles. The lowest BCUT2D eigenvalue weighted by Gasteiger charge is -2.28. The number of benzene rings is 1. The Hall–Kier alpha value is -0.730. The monoisotopic (exact) mass is 253 g/mol. The molecule has 0 atom stereocenters. The highest BCUT2D eigenvalue weighted by molar-refractivity contribution is 6.32. The molecule has 0 radical (unpaired) electrons. The molecule has 0 amide bonds. The van der Waals surface area contributed by atoms with Gasteiger partial charge in [0.05, 0.1) is 11.1 Å². The molecule has 3 heteroatoms. The molecule has 1 aromatic carbocycles. The largest absolute Gasteiger partial charge is 0.489 e. The lowest BCUT2D eigenvalue weighted by Crippen LogP contribution is -2.23. The molecule has 1 aromatic rings. The van der Waals surface area contributed by atoms with Crippen LogP contribution in [0.3, 0.4) is 0 Å². The lowest BCUT2D eigenvalue weighted by molar-refractivity contribution is 0.134. The minimum Gasteiger partial charge on any atom is -0.489 e. The van der Waals surface area contributed by atoms with Crippen LogP contribution in [-0.4, -0.2) is 6.10 Å². The van der Waals surface area contributed by atoms with Crippen molar-refractivity contribution in [3.05, 3.63) is 28.8 Å². The van der Waals surface area contributed by atoms with E-state index >= 15 is 0 Å². The molecular formula is C14H20ClNO. The van der Waals surface area contributed by atoms with E-state index in [1.807, 2.05) is 18.2 Å². The van der Waals surface area contributed by atoms with E-state index in [0.717, 1.165) is 30.1 Å². The molecule has 0 bridgehead atoms. The second-order valence-electron chi connectivity index (χ2n) is 4.93. The number of halogens is 1. The van der Waals surface area contributed by atoms with Gasteiger partial charge in [0.15, 0.2) is 0 Å². The van der Waals surface area contributed by atoms with Crippen LogP contribution in [0.4, 0.5) is 0 Å². The maximum atomic E-state index is 6.18. The van der Waals surface area contributed by atoms with Gasteiger partial charge in [0.2, 0.25) is 0 Å². The molecule has 2 nitrogen and oxygen atoms in total. The minimum atomic E-state index is 0.302. The maximum absolute atomic E-state index is 6.18. The van der Waals surface area contributed by atoms with Gasteiger partial charge in [-0.1, -0.05) is 30.7 Å². The van der Waals surface area contributed by atoms with E-state index in [9.17, 15) is 0 Å². The molecule has 17 heavy (non-hydrogen) atoms. The minimum absolute atomic E-state index is 0.302. The summed E-state index contributed by atoms with van der Waals surface area (Å²) in [7, 11) is 0. The maximum Gasteiger partial charge on any atom is 0.142 e. The van der Waals surface area contributed by atoms with Crippen molar-refractivity contribution in [2.24, 2.45) is 11.7 Å². The van der Waals surface area contributed by atoms with Crippen LogP contribution in [-0.2, 0) is 6.54 Å². The van der Waals surface area contributed by atoms with Crippen molar-refractivity contribution in [3.8, 4) is 5.75 Å². The van der Waals surface area contributed by atoms with E-state index in [-0.39, 0.29) is 0 Å². The fourth-order valence-corrected chi connectivity index (χ4v) is 2.60. The molecule has 1 aliphatic rings. The van der Waals surface area contributed by atoms with Crippen LogP contribution in [0.25, 0.3) is 0 Å². The molecule has 1 fully saturated rings. The summed E-state index contributed by atoms with van der Waals surface area (Å²) in [4.78, 5) is 0. The fraction of sp³-hybridized carbons (Fsp3) is 0.571. The van der Waals surface area contributed by atoms with Crippen LogP contribution in [0.1, 0.15) is 38.2 Å². The van der Waals surface area contributed by atoms with E-state index in [2.05, 4.69) is 6.92 Å². The van der Waals surface area contributed by atoms with Gasteiger partial charge in [-0.25, -0.2) is 0 Å². The zero-order valence-corrected chi connectivity index (χ0v) is 11.0. The molecule has 2 rings (SSSR count). The summed E-state index contributed by atoms with van der Waals surface area (Å²) in [5, 5.41) is 0.673. The predicted octanol–water partition coefficient (Wildman–Crippen LogP) is 3.76. The fourth-order valence-electron chi connectivity index (χ4n) is 2.36. The molecular weight excluding hydrogens is 234 g/mol. The summed E-state index contributed by atoms with van der Waals surface area (Å²) in [5.41, 5.74) is 6.70. The Morgan fingerprint density at radius 1 is 1.29 bits per heavy atom. The first-order chi connectivity index (χ1) is 8.20. The van der Waals surface area contributed by atoms with Gasteiger partial charge in [-0.05, 0) is 37.7 Å². The first-order valence-corrected chi connectivity index (χ1v) is 6.72. The smallest absolute Gasteiger partial charge is 0.142 e. The van der Waals surface area contributed by atoms with E-state index in [1.165, 1.54) is 12.8 Å². The average molecular weight is 254 g/mol. The zero-order chi connectivity index (χ0) is 12.3. The average Bonchev–Trinajstić information content (AvgIpc) is 2.34. The first kappa shape index (κ1) is 12.7. The zero-order valence-electron chi connectivity index (χ0n) is 10.3. The second kappa shape index (κ2) is 5.74. The van der Waals surface area contributed by atoms with Crippen LogP contribution in [0.5, 0.6) is 5.75 Å². The summed E-state index contributed by atoms with van der Waals surface area (Å²) in [6.07, 6.45) is 5.03. The highest BCUT2D eigenvalue weighted by Crippen LogP contribution is 2.33. The Bertz CT molecular complexity index is 372. The van der Waals surface area contributed by atoms with E-state index in [0.29, 0.717) is 17.7 Å². The Labute approximate surface area is 108 Å². The van der Waals surface area contributed by atoms with Gasteiger partial charge < -0.3 is 10.5 Å². The second-order valence-corrected chi connectivity index (χ2v) is 5.34. The number of hydrogen-bond donors (Lipinski definition) is 1. The third kappa shape index (κ3) is 3.14. The van der Waals surface area contributed by atoms with Crippen LogP contribution in [0, 0.1) is 5.92 Å². The Morgan fingerprint density at radius 3 is 2.65 bits per heavy atom. The summed E-state index contributed by atoms with van der Waals surface area (Å²) < 4.78 is 6.04. The third-order valence-corrected chi connectivity index (χ3v) is 3.81. The normalized spacial score (nSPS) is 24.6. The van der Waals surface area contributed by atoms with Crippen molar-refractivity contribution in [1.29, 1.82) is 0 Å². The number of hydrogen-bond acceptors (Lipinski definition) is 2. The molecule has 94 valence electrons.